The Hall–Kier alpha value is -4.36. The fourth-order valence-electron chi connectivity index (χ4n) is 5.56. The van der Waals surface area contributed by atoms with E-state index in [0.717, 1.165) is 23.6 Å². The van der Waals surface area contributed by atoms with Crippen LogP contribution in [0.4, 0.5) is 11.4 Å². The van der Waals surface area contributed by atoms with Crippen LogP contribution in [0.25, 0.3) is 10.8 Å². The first kappa shape index (κ1) is 22.1. The van der Waals surface area contributed by atoms with E-state index in [2.05, 4.69) is 6.07 Å². The van der Waals surface area contributed by atoms with Gasteiger partial charge in [-0.2, -0.15) is 0 Å². The Morgan fingerprint density at radius 2 is 1.67 bits per heavy atom. The van der Waals surface area contributed by atoms with Crippen molar-refractivity contribution >= 4 is 33.8 Å². The van der Waals surface area contributed by atoms with Crippen LogP contribution in [0.15, 0.2) is 78.9 Å². The SMILES string of the molecule is O=C(C[C@@]1(O)C(=O)N(Cc2ccc([N+](=O)[O-])cc2)c2ccccc21)c1ccc2c3c(cccc13)CC2. The summed E-state index contributed by atoms with van der Waals surface area (Å²) < 4.78 is 0. The van der Waals surface area contributed by atoms with Crippen LogP contribution in [0.5, 0.6) is 0 Å². The maximum Gasteiger partial charge on any atom is 0.269 e. The lowest BCUT2D eigenvalue weighted by Gasteiger charge is -2.23. The van der Waals surface area contributed by atoms with E-state index >= 15 is 0 Å². The molecule has 0 bridgehead atoms. The van der Waals surface area contributed by atoms with E-state index in [1.807, 2.05) is 18.2 Å². The van der Waals surface area contributed by atoms with Gasteiger partial charge in [-0.15, -0.1) is 0 Å². The fourth-order valence-corrected chi connectivity index (χ4v) is 5.56. The number of aryl methyl sites for hydroxylation is 2. The highest BCUT2D eigenvalue weighted by Gasteiger charge is 2.50. The lowest BCUT2D eigenvalue weighted by Crippen LogP contribution is -2.41. The van der Waals surface area contributed by atoms with Crippen molar-refractivity contribution in [2.75, 3.05) is 4.90 Å². The summed E-state index contributed by atoms with van der Waals surface area (Å²) in [5.41, 5.74) is 2.47. The molecule has 178 valence electrons. The van der Waals surface area contributed by atoms with E-state index in [4.69, 9.17) is 0 Å². The van der Waals surface area contributed by atoms with Gasteiger partial charge in [0.05, 0.1) is 23.6 Å². The Morgan fingerprint density at radius 1 is 0.944 bits per heavy atom. The molecule has 0 saturated heterocycles. The van der Waals surface area contributed by atoms with E-state index in [-0.39, 0.29) is 24.4 Å². The van der Waals surface area contributed by atoms with Gasteiger partial charge in [-0.25, -0.2) is 0 Å². The number of nitro groups is 1. The van der Waals surface area contributed by atoms with Gasteiger partial charge in [-0.05, 0) is 46.4 Å². The average Bonchev–Trinajstić information content (AvgIpc) is 3.39. The van der Waals surface area contributed by atoms with Gasteiger partial charge in [0.15, 0.2) is 11.4 Å². The number of non-ortho nitro benzene ring substituents is 1. The van der Waals surface area contributed by atoms with Gasteiger partial charge in [0.1, 0.15) is 0 Å². The molecule has 1 atom stereocenters. The van der Waals surface area contributed by atoms with Gasteiger partial charge in [-0.3, -0.25) is 19.7 Å². The lowest BCUT2D eigenvalue weighted by atomic mass is 9.86. The molecule has 1 aliphatic heterocycles. The molecular formula is C29H22N2O5. The van der Waals surface area contributed by atoms with Gasteiger partial charge < -0.3 is 10.0 Å². The number of nitrogens with zero attached hydrogens (tertiary/aromatic N) is 2. The molecule has 1 heterocycles. The number of hydrogen-bond acceptors (Lipinski definition) is 5. The number of hydrogen-bond donors (Lipinski definition) is 1. The summed E-state index contributed by atoms with van der Waals surface area (Å²) in [6.45, 7) is 0.116. The number of fused-ring (bicyclic) bond motifs is 1. The second-order valence-electron chi connectivity index (χ2n) is 9.40. The molecule has 7 nitrogen and oxygen atoms in total. The van der Waals surface area contributed by atoms with Crippen molar-refractivity contribution in [3.63, 3.8) is 0 Å². The molecule has 0 unspecified atom stereocenters. The first-order valence-electron chi connectivity index (χ1n) is 11.8. The van der Waals surface area contributed by atoms with Crippen molar-refractivity contribution in [1.29, 1.82) is 0 Å². The summed E-state index contributed by atoms with van der Waals surface area (Å²) in [4.78, 5) is 39.2. The second kappa shape index (κ2) is 8.10. The maximum absolute atomic E-state index is 13.6. The predicted molar refractivity (Wildman–Crippen MR) is 135 cm³/mol. The molecule has 1 amide bonds. The Labute approximate surface area is 206 Å². The van der Waals surface area contributed by atoms with Crippen LogP contribution in [-0.4, -0.2) is 21.7 Å². The number of rotatable bonds is 6. The fraction of sp³-hybridized carbons (Fsp3) is 0.172. The van der Waals surface area contributed by atoms with E-state index in [1.165, 1.54) is 28.2 Å². The Balaban J connectivity index is 1.34. The summed E-state index contributed by atoms with van der Waals surface area (Å²) in [6, 6.07) is 22.6. The second-order valence-corrected chi connectivity index (χ2v) is 9.40. The van der Waals surface area contributed by atoms with Crippen LogP contribution in [0.2, 0.25) is 0 Å². The third-order valence-corrected chi connectivity index (χ3v) is 7.32. The zero-order valence-corrected chi connectivity index (χ0v) is 19.3. The normalized spacial score (nSPS) is 18.0. The molecule has 4 aromatic carbocycles. The topological polar surface area (TPSA) is 101 Å². The van der Waals surface area contributed by atoms with Crippen LogP contribution in [0, 0.1) is 10.1 Å². The minimum atomic E-state index is -2.00. The molecule has 0 spiro atoms. The van der Waals surface area contributed by atoms with E-state index in [0.29, 0.717) is 22.4 Å². The highest BCUT2D eigenvalue weighted by molar-refractivity contribution is 6.14. The van der Waals surface area contributed by atoms with E-state index < -0.39 is 16.4 Å². The Kier molecular flexibility index (Phi) is 4.98. The minimum Gasteiger partial charge on any atom is -0.375 e. The number of aliphatic hydroxyl groups is 1. The number of amides is 1. The smallest absolute Gasteiger partial charge is 0.269 e. The number of anilines is 1. The van der Waals surface area contributed by atoms with Crippen molar-refractivity contribution in [3.8, 4) is 0 Å². The molecule has 0 aromatic heterocycles. The standard InChI is InChI=1S/C29H22N2O5/c32-26(22-15-12-20-11-10-19-4-3-5-23(22)27(19)20)16-29(34)24-6-1-2-7-25(24)30(28(29)33)17-18-8-13-21(14-9-18)31(35)36/h1-9,12-15,34H,10-11,16-17H2/t29-/m0/s1. The van der Waals surface area contributed by atoms with Crippen molar-refractivity contribution in [2.45, 2.75) is 31.4 Å². The summed E-state index contributed by atoms with van der Waals surface area (Å²) >= 11 is 0. The zero-order chi connectivity index (χ0) is 25.0. The molecule has 36 heavy (non-hydrogen) atoms. The van der Waals surface area contributed by atoms with Gasteiger partial charge in [-0.1, -0.05) is 60.7 Å². The summed E-state index contributed by atoms with van der Waals surface area (Å²) in [5, 5.41) is 24.6. The number of Topliss-reactive ketones (excluding diaryl/α,β-unsaturated/α-hetero) is 1. The minimum absolute atomic E-state index is 0.0423. The number of nitro benzene ring substituents is 1. The zero-order valence-electron chi connectivity index (χ0n) is 19.3. The molecule has 0 saturated carbocycles. The first-order chi connectivity index (χ1) is 17.4. The molecule has 1 aliphatic carbocycles. The number of carbonyl (C=O) groups excluding carboxylic acids is 2. The van der Waals surface area contributed by atoms with Crippen LogP contribution in [0.3, 0.4) is 0 Å². The third-order valence-electron chi connectivity index (χ3n) is 7.32. The van der Waals surface area contributed by atoms with Gasteiger partial charge in [0.2, 0.25) is 0 Å². The monoisotopic (exact) mass is 478 g/mol. The summed E-state index contributed by atoms with van der Waals surface area (Å²) in [6.07, 6.45) is 1.51. The Bertz CT molecular complexity index is 1570. The van der Waals surface area contributed by atoms with Crippen molar-refractivity contribution in [3.05, 3.63) is 117 Å². The van der Waals surface area contributed by atoms with E-state index in [1.54, 1.807) is 42.5 Å². The van der Waals surface area contributed by atoms with Crippen molar-refractivity contribution in [1.82, 2.24) is 0 Å². The average molecular weight is 479 g/mol. The van der Waals surface area contributed by atoms with Crippen molar-refractivity contribution < 1.29 is 19.6 Å². The molecule has 0 radical (unpaired) electrons. The molecule has 6 rings (SSSR count). The maximum atomic E-state index is 13.6. The Morgan fingerprint density at radius 3 is 2.42 bits per heavy atom. The third kappa shape index (κ3) is 3.31. The lowest BCUT2D eigenvalue weighted by molar-refractivity contribution is -0.384. The van der Waals surface area contributed by atoms with Crippen LogP contribution >= 0.6 is 0 Å². The number of ketones is 1. The highest BCUT2D eigenvalue weighted by atomic mass is 16.6. The van der Waals surface area contributed by atoms with Crippen LogP contribution in [0.1, 0.15) is 39.0 Å². The number of carbonyl (C=O) groups is 2. The number of para-hydroxylation sites is 1. The van der Waals surface area contributed by atoms with Gasteiger partial charge in [0, 0.05) is 23.3 Å². The summed E-state index contributed by atoms with van der Waals surface area (Å²) in [7, 11) is 0. The quantitative estimate of drug-likeness (QED) is 0.242. The molecule has 1 N–H and O–H groups in total. The number of benzene rings is 4. The molecule has 7 heteroatoms. The highest BCUT2D eigenvalue weighted by Crippen LogP contribution is 2.44. The van der Waals surface area contributed by atoms with Crippen molar-refractivity contribution in [2.24, 2.45) is 0 Å². The molecule has 2 aliphatic rings. The molecular weight excluding hydrogens is 456 g/mol. The molecule has 4 aromatic rings. The van der Waals surface area contributed by atoms with Gasteiger partial charge >= 0.3 is 0 Å². The summed E-state index contributed by atoms with van der Waals surface area (Å²) in [5.74, 6) is -0.880. The van der Waals surface area contributed by atoms with Gasteiger partial charge in [0.25, 0.3) is 11.6 Å². The largest absolute Gasteiger partial charge is 0.375 e. The van der Waals surface area contributed by atoms with Crippen LogP contribution < -0.4 is 4.90 Å². The first-order valence-corrected chi connectivity index (χ1v) is 11.8. The van der Waals surface area contributed by atoms with E-state index in [9.17, 15) is 24.8 Å². The van der Waals surface area contributed by atoms with Crippen LogP contribution in [-0.2, 0) is 29.8 Å². The predicted octanol–water partition coefficient (Wildman–Crippen LogP) is 4.85. The molecule has 0 fully saturated rings.